The number of ether oxygens (including phenoxy) is 3. The largest absolute Gasteiger partial charge is 0.497 e. The Morgan fingerprint density at radius 2 is 2.16 bits per heavy atom. The molecule has 1 aromatic carbocycles. The fraction of sp³-hybridized carbons (Fsp3) is 0.292. The van der Waals surface area contributed by atoms with E-state index in [0.717, 1.165) is 48.2 Å². The van der Waals surface area contributed by atoms with Crippen molar-refractivity contribution in [2.75, 3.05) is 45.3 Å². The summed E-state index contributed by atoms with van der Waals surface area (Å²) in [4.78, 5) is 15.4. The molecule has 1 fully saturated rings. The number of benzene rings is 1. The first-order valence-electron chi connectivity index (χ1n) is 10.6. The summed E-state index contributed by atoms with van der Waals surface area (Å²) in [6, 6.07) is 11.8. The van der Waals surface area contributed by atoms with Gasteiger partial charge in [-0.15, -0.1) is 0 Å². The van der Waals surface area contributed by atoms with Crippen LogP contribution >= 0.6 is 0 Å². The highest BCUT2D eigenvalue weighted by Crippen LogP contribution is 2.31. The van der Waals surface area contributed by atoms with Crippen LogP contribution in [0.5, 0.6) is 11.5 Å². The monoisotopic (exact) mass is 431 g/mol. The predicted octanol–water partition coefficient (Wildman–Crippen LogP) is 3.47. The van der Waals surface area contributed by atoms with Gasteiger partial charge in [0.25, 0.3) is 0 Å². The van der Waals surface area contributed by atoms with Gasteiger partial charge in [-0.1, -0.05) is 6.07 Å². The molecule has 4 heterocycles. The molecular weight excluding hydrogens is 406 g/mol. The van der Waals surface area contributed by atoms with E-state index in [-0.39, 0.29) is 6.10 Å². The Morgan fingerprint density at radius 1 is 1.19 bits per heavy atom. The number of hydrogen-bond acceptors (Lipinski definition) is 8. The second kappa shape index (κ2) is 9.33. The first kappa shape index (κ1) is 20.4. The number of hydrogen-bond donors (Lipinski definition) is 1. The highest BCUT2D eigenvalue weighted by molar-refractivity contribution is 5.64. The third kappa shape index (κ3) is 4.71. The number of rotatable bonds is 6. The molecule has 5 rings (SSSR count). The number of morpholine rings is 1. The van der Waals surface area contributed by atoms with E-state index in [0.29, 0.717) is 19.0 Å². The molecule has 1 saturated heterocycles. The average Bonchev–Trinajstić information content (AvgIpc) is 2.84. The summed E-state index contributed by atoms with van der Waals surface area (Å²) in [5, 5.41) is 3.19. The predicted molar refractivity (Wildman–Crippen MR) is 121 cm³/mol. The summed E-state index contributed by atoms with van der Waals surface area (Å²) in [6.45, 7) is 3.72. The number of aromatic nitrogens is 3. The Hall–Kier alpha value is -3.49. The Kier molecular flexibility index (Phi) is 5.96. The zero-order valence-corrected chi connectivity index (χ0v) is 17.9. The van der Waals surface area contributed by atoms with Gasteiger partial charge in [-0.25, -0.2) is 9.97 Å². The molecule has 0 amide bonds. The SMILES string of the molecule is COc1ccc2c(c1)C=C(CN1CCO[C@@H](c3cccc(Nc4cnccn4)n3)C1)CO2. The van der Waals surface area contributed by atoms with Gasteiger partial charge in [-0.3, -0.25) is 9.88 Å². The van der Waals surface area contributed by atoms with Crippen LogP contribution in [0.4, 0.5) is 11.6 Å². The topological polar surface area (TPSA) is 81.6 Å². The van der Waals surface area contributed by atoms with Crippen molar-refractivity contribution in [3.8, 4) is 11.5 Å². The molecule has 2 aliphatic rings. The summed E-state index contributed by atoms with van der Waals surface area (Å²) < 4.78 is 17.3. The van der Waals surface area contributed by atoms with Crippen molar-refractivity contribution in [1.29, 1.82) is 0 Å². The molecule has 164 valence electrons. The Labute approximate surface area is 186 Å². The minimum Gasteiger partial charge on any atom is -0.497 e. The molecular formula is C24H25N5O3. The van der Waals surface area contributed by atoms with Crippen LogP contribution in [-0.2, 0) is 4.74 Å². The van der Waals surface area contributed by atoms with Crippen LogP contribution in [0, 0.1) is 0 Å². The van der Waals surface area contributed by atoms with Gasteiger partial charge < -0.3 is 19.5 Å². The van der Waals surface area contributed by atoms with Gasteiger partial charge in [0.15, 0.2) is 0 Å². The summed E-state index contributed by atoms with van der Waals surface area (Å²) in [5.41, 5.74) is 3.19. The van der Waals surface area contributed by atoms with E-state index in [9.17, 15) is 0 Å². The van der Waals surface area contributed by atoms with Crippen molar-refractivity contribution in [3.63, 3.8) is 0 Å². The summed E-state index contributed by atoms with van der Waals surface area (Å²) in [6.07, 6.45) is 7.06. The first-order chi connectivity index (χ1) is 15.8. The smallest absolute Gasteiger partial charge is 0.150 e. The summed E-state index contributed by atoms with van der Waals surface area (Å²) in [5.74, 6) is 3.10. The maximum atomic E-state index is 6.05. The van der Waals surface area contributed by atoms with Crippen LogP contribution in [0.15, 0.2) is 60.6 Å². The molecule has 2 aliphatic heterocycles. The van der Waals surface area contributed by atoms with Gasteiger partial charge in [0.1, 0.15) is 35.8 Å². The molecule has 0 bridgehead atoms. The maximum absolute atomic E-state index is 6.05. The fourth-order valence-electron chi connectivity index (χ4n) is 3.93. The van der Waals surface area contributed by atoms with Gasteiger partial charge in [-0.2, -0.15) is 0 Å². The molecule has 0 saturated carbocycles. The lowest BCUT2D eigenvalue weighted by Crippen LogP contribution is -2.40. The van der Waals surface area contributed by atoms with E-state index in [4.69, 9.17) is 19.2 Å². The minimum absolute atomic E-state index is 0.0927. The molecule has 32 heavy (non-hydrogen) atoms. The first-order valence-corrected chi connectivity index (χ1v) is 10.6. The third-order valence-electron chi connectivity index (χ3n) is 5.49. The maximum Gasteiger partial charge on any atom is 0.150 e. The molecule has 1 N–H and O–H groups in total. The Morgan fingerprint density at radius 3 is 3.03 bits per heavy atom. The van der Waals surface area contributed by atoms with Gasteiger partial charge in [-0.05, 0) is 42.0 Å². The molecule has 3 aromatic rings. The van der Waals surface area contributed by atoms with E-state index in [2.05, 4.69) is 26.3 Å². The van der Waals surface area contributed by atoms with Crippen molar-refractivity contribution in [2.45, 2.75) is 6.10 Å². The molecule has 8 heteroatoms. The van der Waals surface area contributed by atoms with E-state index < -0.39 is 0 Å². The second-order valence-corrected chi connectivity index (χ2v) is 7.75. The van der Waals surface area contributed by atoms with Crippen LogP contribution in [0.2, 0.25) is 0 Å². The van der Waals surface area contributed by atoms with E-state index >= 15 is 0 Å². The zero-order valence-electron chi connectivity index (χ0n) is 17.9. The van der Waals surface area contributed by atoms with Gasteiger partial charge in [0.05, 0.1) is 25.6 Å². The lowest BCUT2D eigenvalue weighted by Gasteiger charge is -2.33. The van der Waals surface area contributed by atoms with Gasteiger partial charge in [0, 0.05) is 37.6 Å². The van der Waals surface area contributed by atoms with Crippen molar-refractivity contribution in [1.82, 2.24) is 19.9 Å². The number of nitrogens with zero attached hydrogens (tertiary/aromatic N) is 4. The molecule has 0 aliphatic carbocycles. The van der Waals surface area contributed by atoms with Crippen LogP contribution in [0.25, 0.3) is 6.08 Å². The number of anilines is 2. The lowest BCUT2D eigenvalue weighted by atomic mass is 10.1. The summed E-state index contributed by atoms with van der Waals surface area (Å²) in [7, 11) is 1.68. The number of nitrogens with one attached hydrogen (secondary N) is 1. The highest BCUT2D eigenvalue weighted by atomic mass is 16.5. The van der Waals surface area contributed by atoms with Crippen LogP contribution in [-0.4, -0.2) is 59.8 Å². The van der Waals surface area contributed by atoms with Crippen molar-refractivity contribution < 1.29 is 14.2 Å². The van der Waals surface area contributed by atoms with Gasteiger partial charge in [0.2, 0.25) is 0 Å². The Balaban J connectivity index is 1.26. The standard InChI is InChI=1S/C24H25N5O3/c1-30-19-5-6-21-18(12-19)11-17(16-32-21)14-29-9-10-31-22(15-29)20-3-2-4-23(27-20)28-24-13-25-7-8-26-24/h2-8,11-13,22H,9-10,14-16H2,1H3,(H,26,27,28)/t22-/m1/s1. The van der Waals surface area contributed by atoms with Crippen molar-refractivity contribution in [3.05, 3.63) is 71.8 Å². The zero-order chi connectivity index (χ0) is 21.8. The van der Waals surface area contributed by atoms with Crippen LogP contribution in [0.3, 0.4) is 0 Å². The third-order valence-corrected chi connectivity index (χ3v) is 5.49. The van der Waals surface area contributed by atoms with Crippen LogP contribution < -0.4 is 14.8 Å². The normalized spacial score (nSPS) is 18.3. The fourth-order valence-corrected chi connectivity index (χ4v) is 3.93. The van der Waals surface area contributed by atoms with Gasteiger partial charge >= 0.3 is 0 Å². The molecule has 1 atom stereocenters. The number of methoxy groups -OCH3 is 1. The molecule has 0 spiro atoms. The highest BCUT2D eigenvalue weighted by Gasteiger charge is 2.25. The Bertz CT molecular complexity index is 1110. The van der Waals surface area contributed by atoms with Crippen molar-refractivity contribution in [2.24, 2.45) is 0 Å². The van der Waals surface area contributed by atoms with E-state index in [1.54, 1.807) is 25.7 Å². The minimum atomic E-state index is -0.0927. The molecule has 2 aromatic heterocycles. The van der Waals surface area contributed by atoms with Crippen LogP contribution in [0.1, 0.15) is 17.4 Å². The average molecular weight is 431 g/mol. The van der Waals surface area contributed by atoms with Crippen molar-refractivity contribution >= 4 is 17.7 Å². The lowest BCUT2D eigenvalue weighted by molar-refractivity contribution is -0.0293. The molecule has 0 unspecified atom stereocenters. The number of pyridine rings is 1. The van der Waals surface area contributed by atoms with E-state index in [1.807, 2.05) is 36.4 Å². The number of fused-ring (bicyclic) bond motifs is 1. The quantitative estimate of drug-likeness (QED) is 0.635. The second-order valence-electron chi connectivity index (χ2n) is 7.75. The molecule has 0 radical (unpaired) electrons. The molecule has 8 nitrogen and oxygen atoms in total. The van der Waals surface area contributed by atoms with E-state index in [1.165, 1.54) is 5.57 Å². The summed E-state index contributed by atoms with van der Waals surface area (Å²) >= 11 is 0.